The van der Waals surface area contributed by atoms with Crippen molar-refractivity contribution in [2.75, 3.05) is 19.8 Å². The lowest BCUT2D eigenvalue weighted by molar-refractivity contribution is -0.133. The topological polar surface area (TPSA) is 86.4 Å². The minimum absolute atomic E-state index is 0.163. The molecule has 0 aromatic carbocycles. The first-order valence-electron chi connectivity index (χ1n) is 6.09. The van der Waals surface area contributed by atoms with Crippen LogP contribution in [0.25, 0.3) is 0 Å². The van der Waals surface area contributed by atoms with Crippen molar-refractivity contribution >= 4 is 15.9 Å². The monoisotopic (exact) mass is 286 g/mol. The highest BCUT2D eigenvalue weighted by molar-refractivity contribution is 7.88. The van der Waals surface area contributed by atoms with Crippen molar-refractivity contribution in [3.63, 3.8) is 0 Å². The molecule has 0 bridgehead atoms. The van der Waals surface area contributed by atoms with Gasteiger partial charge in [0.2, 0.25) is 15.9 Å². The van der Waals surface area contributed by atoms with Crippen molar-refractivity contribution in [3.05, 3.63) is 18.0 Å². The normalized spacial score (nSPS) is 20.6. The number of nitrogens with one attached hydrogen (secondary N) is 1. The molecule has 1 atom stereocenters. The largest absolute Gasteiger partial charge is 0.340 e. The summed E-state index contributed by atoms with van der Waals surface area (Å²) in [5.41, 5.74) is 0.889. The van der Waals surface area contributed by atoms with Gasteiger partial charge in [-0.1, -0.05) is 0 Å². The molecule has 1 aliphatic rings. The summed E-state index contributed by atoms with van der Waals surface area (Å²) in [6.07, 6.45) is 5.82. The zero-order valence-electron chi connectivity index (χ0n) is 11.0. The van der Waals surface area contributed by atoms with E-state index >= 15 is 0 Å². The molecule has 2 heterocycles. The van der Waals surface area contributed by atoms with Crippen molar-refractivity contribution < 1.29 is 13.2 Å². The summed E-state index contributed by atoms with van der Waals surface area (Å²) in [6, 6.07) is -0.563. The van der Waals surface area contributed by atoms with Gasteiger partial charge in [-0.3, -0.25) is 9.89 Å². The summed E-state index contributed by atoms with van der Waals surface area (Å²) in [5, 5.41) is 6.50. The van der Waals surface area contributed by atoms with Crippen LogP contribution in [-0.2, 0) is 21.4 Å². The van der Waals surface area contributed by atoms with Crippen molar-refractivity contribution in [2.45, 2.75) is 25.4 Å². The number of carbonyl (C=O) groups excluding carboxylic acids is 1. The Morgan fingerprint density at radius 3 is 2.95 bits per heavy atom. The maximum absolute atomic E-state index is 12.3. The van der Waals surface area contributed by atoms with Crippen molar-refractivity contribution in [2.24, 2.45) is 0 Å². The fourth-order valence-electron chi connectivity index (χ4n) is 2.35. The summed E-state index contributed by atoms with van der Waals surface area (Å²) >= 11 is 0. The van der Waals surface area contributed by atoms with Gasteiger partial charge < -0.3 is 4.90 Å². The van der Waals surface area contributed by atoms with E-state index in [1.54, 1.807) is 24.3 Å². The molecule has 1 aromatic heterocycles. The molecule has 0 aliphatic carbocycles. The number of hydrogen-bond acceptors (Lipinski definition) is 4. The van der Waals surface area contributed by atoms with Gasteiger partial charge in [-0.25, -0.2) is 8.42 Å². The Bertz CT molecular complexity index is 540. The zero-order chi connectivity index (χ0) is 14.0. The molecule has 106 valence electrons. The molecular formula is C11H18N4O3S. The number of H-pyrrole nitrogens is 1. The van der Waals surface area contributed by atoms with Crippen LogP contribution in [0.1, 0.15) is 18.4 Å². The predicted octanol–water partition coefficient (Wildman–Crippen LogP) is -0.208. The third kappa shape index (κ3) is 3.13. The SMILES string of the molecule is CN(Cc1cn[nH]c1)C(=O)C1CCCN1S(C)(=O)=O. The van der Waals surface area contributed by atoms with E-state index in [9.17, 15) is 13.2 Å². The number of nitrogens with zero attached hydrogens (tertiary/aromatic N) is 3. The highest BCUT2D eigenvalue weighted by atomic mass is 32.2. The van der Waals surface area contributed by atoms with E-state index in [1.807, 2.05) is 0 Å². The molecule has 1 N–H and O–H groups in total. The second-order valence-corrected chi connectivity index (χ2v) is 6.77. The molecule has 8 heteroatoms. The maximum Gasteiger partial charge on any atom is 0.241 e. The molecule has 2 rings (SSSR count). The minimum Gasteiger partial charge on any atom is -0.340 e. The first-order chi connectivity index (χ1) is 8.89. The average Bonchev–Trinajstić information content (AvgIpc) is 2.96. The van der Waals surface area contributed by atoms with Gasteiger partial charge in [0.25, 0.3) is 0 Å². The molecule has 0 radical (unpaired) electrons. The lowest BCUT2D eigenvalue weighted by atomic mass is 10.2. The van der Waals surface area contributed by atoms with Gasteiger partial charge in [0.15, 0.2) is 0 Å². The number of sulfonamides is 1. The molecule has 19 heavy (non-hydrogen) atoms. The molecule has 1 fully saturated rings. The van der Waals surface area contributed by atoms with Crippen LogP contribution in [-0.4, -0.2) is 59.6 Å². The molecule has 1 unspecified atom stereocenters. The van der Waals surface area contributed by atoms with E-state index in [0.717, 1.165) is 18.2 Å². The number of likely N-dealkylation sites (N-methyl/N-ethyl adjacent to an activating group) is 1. The molecule has 1 aliphatic heterocycles. The Balaban J connectivity index is 2.06. The van der Waals surface area contributed by atoms with Gasteiger partial charge >= 0.3 is 0 Å². The predicted molar refractivity (Wildman–Crippen MR) is 69.6 cm³/mol. The van der Waals surface area contributed by atoms with E-state index in [-0.39, 0.29) is 5.91 Å². The molecular weight excluding hydrogens is 268 g/mol. The molecule has 1 aromatic rings. The maximum atomic E-state index is 12.3. The van der Waals surface area contributed by atoms with Crippen molar-refractivity contribution in [3.8, 4) is 0 Å². The smallest absolute Gasteiger partial charge is 0.241 e. The molecule has 7 nitrogen and oxygen atoms in total. The van der Waals surface area contributed by atoms with Gasteiger partial charge in [-0.2, -0.15) is 9.40 Å². The first kappa shape index (κ1) is 14.0. The fraction of sp³-hybridized carbons (Fsp3) is 0.636. The van der Waals surface area contributed by atoms with Gasteiger partial charge in [0.05, 0.1) is 12.5 Å². The standard InChI is InChI=1S/C11H18N4O3S/c1-14(8-9-6-12-13-7-9)11(16)10-4-3-5-15(10)19(2,17)18/h6-7,10H,3-5,8H2,1-2H3,(H,12,13). The van der Waals surface area contributed by atoms with Crippen LogP contribution in [0, 0.1) is 0 Å². The van der Waals surface area contributed by atoms with E-state index in [4.69, 9.17) is 0 Å². The molecule has 1 saturated heterocycles. The molecule has 0 spiro atoms. The summed E-state index contributed by atoms with van der Waals surface area (Å²) in [7, 11) is -1.65. The van der Waals surface area contributed by atoms with Gasteiger partial charge in [-0.05, 0) is 12.8 Å². The summed E-state index contributed by atoms with van der Waals surface area (Å²) in [6.45, 7) is 0.845. The van der Waals surface area contributed by atoms with Gasteiger partial charge in [0, 0.05) is 31.9 Å². The van der Waals surface area contributed by atoms with Crippen LogP contribution in [0.4, 0.5) is 0 Å². The third-order valence-corrected chi connectivity index (χ3v) is 4.55. The van der Waals surface area contributed by atoms with Crippen LogP contribution in [0.2, 0.25) is 0 Å². The van der Waals surface area contributed by atoms with E-state index < -0.39 is 16.1 Å². The van der Waals surface area contributed by atoms with Crippen molar-refractivity contribution in [1.82, 2.24) is 19.4 Å². The second kappa shape index (κ2) is 5.30. The highest BCUT2D eigenvalue weighted by Crippen LogP contribution is 2.22. The van der Waals surface area contributed by atoms with Crippen molar-refractivity contribution in [1.29, 1.82) is 0 Å². The second-order valence-electron chi connectivity index (χ2n) is 4.83. The quantitative estimate of drug-likeness (QED) is 0.830. The Labute approximate surface area is 112 Å². The van der Waals surface area contributed by atoms with Crippen LogP contribution >= 0.6 is 0 Å². The molecule has 0 saturated carbocycles. The van der Waals surface area contributed by atoms with E-state index in [1.165, 1.54) is 4.31 Å². The Hall–Kier alpha value is -1.41. The van der Waals surface area contributed by atoms with Crippen LogP contribution in [0.15, 0.2) is 12.4 Å². The summed E-state index contributed by atoms with van der Waals surface area (Å²) < 4.78 is 24.5. The van der Waals surface area contributed by atoms with Gasteiger partial charge in [0.1, 0.15) is 6.04 Å². The number of carbonyl (C=O) groups is 1. The van der Waals surface area contributed by atoms with Crippen LogP contribution < -0.4 is 0 Å². The first-order valence-corrected chi connectivity index (χ1v) is 7.94. The Morgan fingerprint density at radius 1 is 1.63 bits per heavy atom. The fourth-order valence-corrected chi connectivity index (χ4v) is 3.47. The number of aromatic amines is 1. The minimum atomic E-state index is -3.32. The number of amides is 1. The van der Waals surface area contributed by atoms with E-state index in [2.05, 4.69) is 10.2 Å². The highest BCUT2D eigenvalue weighted by Gasteiger charge is 2.37. The Kier molecular flexibility index (Phi) is 3.91. The zero-order valence-corrected chi connectivity index (χ0v) is 11.9. The summed E-state index contributed by atoms with van der Waals surface area (Å²) in [5.74, 6) is -0.163. The Morgan fingerprint density at radius 2 is 2.37 bits per heavy atom. The van der Waals surface area contributed by atoms with Gasteiger partial charge in [-0.15, -0.1) is 0 Å². The summed E-state index contributed by atoms with van der Waals surface area (Å²) in [4.78, 5) is 13.9. The lowest BCUT2D eigenvalue weighted by Gasteiger charge is -2.26. The average molecular weight is 286 g/mol. The molecule has 1 amide bonds. The van der Waals surface area contributed by atoms with E-state index in [0.29, 0.717) is 19.5 Å². The number of aromatic nitrogens is 2. The third-order valence-electron chi connectivity index (χ3n) is 3.27. The van der Waals surface area contributed by atoms with Crippen LogP contribution in [0.3, 0.4) is 0 Å². The number of rotatable bonds is 4. The van der Waals surface area contributed by atoms with Crippen LogP contribution in [0.5, 0.6) is 0 Å². The lowest BCUT2D eigenvalue weighted by Crippen LogP contribution is -2.45. The number of hydrogen-bond donors (Lipinski definition) is 1.